The van der Waals surface area contributed by atoms with Crippen LogP contribution in [0.15, 0.2) is 35.1 Å². The van der Waals surface area contributed by atoms with Crippen LogP contribution in [0.3, 0.4) is 0 Å². The van der Waals surface area contributed by atoms with Crippen molar-refractivity contribution in [3.8, 4) is 5.69 Å². The van der Waals surface area contributed by atoms with Crippen LogP contribution in [-0.2, 0) is 9.47 Å². The fourth-order valence-electron chi connectivity index (χ4n) is 4.33. The highest BCUT2D eigenvalue weighted by Gasteiger charge is 2.53. The van der Waals surface area contributed by atoms with Crippen molar-refractivity contribution in [2.45, 2.75) is 44.3 Å². The van der Waals surface area contributed by atoms with Gasteiger partial charge >= 0.3 is 0 Å². The van der Waals surface area contributed by atoms with E-state index in [1.54, 1.807) is 26.9 Å². The summed E-state index contributed by atoms with van der Waals surface area (Å²) in [6, 6.07) is 5.60. The van der Waals surface area contributed by atoms with Crippen molar-refractivity contribution in [1.29, 1.82) is 0 Å². The molecule has 3 aromatic heterocycles. The summed E-state index contributed by atoms with van der Waals surface area (Å²) >= 11 is 5.06. The zero-order valence-corrected chi connectivity index (χ0v) is 19.1. The maximum Gasteiger partial charge on any atom is 0.164 e. The van der Waals surface area contributed by atoms with Crippen LogP contribution in [-0.4, -0.2) is 59.6 Å². The van der Waals surface area contributed by atoms with Crippen molar-refractivity contribution in [3.05, 3.63) is 51.7 Å². The van der Waals surface area contributed by atoms with Crippen molar-refractivity contribution in [3.63, 3.8) is 0 Å². The monoisotopic (exact) mass is 502 g/mol. The number of aliphatic hydroxyl groups is 1. The highest BCUT2D eigenvalue weighted by Crippen LogP contribution is 2.43. The summed E-state index contributed by atoms with van der Waals surface area (Å²) in [6.07, 6.45) is 1.56. The van der Waals surface area contributed by atoms with E-state index in [-0.39, 0.29) is 18.2 Å². The minimum absolute atomic E-state index is 0.140. The Bertz CT molecular complexity index is 1290. The molecule has 160 valence electrons. The lowest BCUT2D eigenvalue weighted by atomic mass is 9.89. The number of aliphatic hydroxyl groups excluding tert-OH is 1. The van der Waals surface area contributed by atoms with Gasteiger partial charge in [-0.05, 0) is 48.0 Å². The maximum absolute atomic E-state index is 11.4. The first-order valence-corrected chi connectivity index (χ1v) is 11.5. The highest BCUT2D eigenvalue weighted by atomic mass is 79.9. The van der Waals surface area contributed by atoms with Gasteiger partial charge in [-0.3, -0.25) is 4.68 Å². The third-order valence-corrected chi connectivity index (χ3v) is 7.07. The summed E-state index contributed by atoms with van der Waals surface area (Å²) in [5.74, 6) is 1.17. The Balaban J connectivity index is 1.42. The van der Waals surface area contributed by atoms with Crippen molar-refractivity contribution in [1.82, 2.24) is 29.5 Å². The van der Waals surface area contributed by atoms with Crippen LogP contribution in [0.2, 0.25) is 0 Å². The Kier molecular flexibility index (Phi) is 4.51. The molecule has 0 aliphatic carbocycles. The summed E-state index contributed by atoms with van der Waals surface area (Å²) in [6.45, 7) is 4.31. The Morgan fingerprint density at radius 3 is 2.87 bits per heavy atom. The molecule has 1 aromatic carbocycles. The smallest absolute Gasteiger partial charge is 0.164 e. The lowest BCUT2D eigenvalue weighted by molar-refractivity contribution is -0.288. The molecule has 0 radical (unpaired) electrons. The molecule has 31 heavy (non-hydrogen) atoms. The molecule has 2 fully saturated rings. The zero-order valence-electron chi connectivity index (χ0n) is 16.7. The first-order chi connectivity index (χ1) is 15.0. The molecule has 9 nitrogen and oxygen atoms in total. The predicted octanol–water partition coefficient (Wildman–Crippen LogP) is 2.89. The van der Waals surface area contributed by atoms with Crippen LogP contribution < -0.4 is 0 Å². The van der Waals surface area contributed by atoms with Crippen molar-refractivity contribution in [2.75, 3.05) is 6.61 Å². The molecule has 0 bridgehead atoms. The van der Waals surface area contributed by atoms with Crippen LogP contribution in [0.5, 0.6) is 0 Å². The fraction of sp³-hybridized carbons (Fsp3) is 0.400. The first kappa shape index (κ1) is 19.5. The van der Waals surface area contributed by atoms with Gasteiger partial charge in [0.15, 0.2) is 5.82 Å². The molecular weight excluding hydrogens is 484 g/mol. The van der Waals surface area contributed by atoms with Gasteiger partial charge in [0.2, 0.25) is 0 Å². The predicted molar refractivity (Wildman–Crippen MR) is 116 cm³/mol. The van der Waals surface area contributed by atoms with Gasteiger partial charge in [0.05, 0.1) is 38.2 Å². The Labute approximate surface area is 189 Å². The summed E-state index contributed by atoms with van der Waals surface area (Å²) in [4.78, 5) is 9.17. The molecule has 2 aliphatic rings. The van der Waals surface area contributed by atoms with Gasteiger partial charge in [0.25, 0.3) is 0 Å². The molecule has 0 spiro atoms. The second-order valence-corrected chi connectivity index (χ2v) is 9.98. The summed E-state index contributed by atoms with van der Waals surface area (Å²) in [5, 5.41) is 21.4. The van der Waals surface area contributed by atoms with E-state index in [0.29, 0.717) is 18.3 Å². The van der Waals surface area contributed by atoms with Crippen molar-refractivity contribution in [2.24, 2.45) is 0 Å². The Hall–Kier alpha value is -2.18. The maximum atomic E-state index is 11.4. The molecule has 5 atom stereocenters. The molecular formula is C20H19BrN6O3S. The number of fused-ring (bicyclic) bond motifs is 2. The molecule has 0 amide bonds. The number of hydrogen-bond acceptors (Lipinski definition) is 8. The standard InChI is InChI=1S/C20H19BrN6O3S/c1-9-23-20(27(25-9)12-3-4-13-15(5-12)31-10(2)24-13)19-17(28)16(18-14(30-19)8-29-18)26-7-11(21)6-22-26/h3-7,14,16-19,28H,8H2,1-2H3. The van der Waals surface area contributed by atoms with Crippen molar-refractivity contribution >= 4 is 37.5 Å². The van der Waals surface area contributed by atoms with Crippen molar-refractivity contribution < 1.29 is 14.6 Å². The second-order valence-electron chi connectivity index (χ2n) is 7.83. The molecule has 6 rings (SSSR count). The number of aryl methyl sites for hydroxylation is 2. The van der Waals surface area contributed by atoms with Gasteiger partial charge in [0.1, 0.15) is 36.3 Å². The molecule has 5 heterocycles. The SMILES string of the molecule is Cc1nc(C2OC3COC3C(n3cc(Br)cn3)C2O)n(-c2ccc3nc(C)sc3c2)n1. The average molecular weight is 503 g/mol. The fourth-order valence-corrected chi connectivity index (χ4v) is 5.49. The Morgan fingerprint density at radius 2 is 2.13 bits per heavy atom. The van der Waals surface area contributed by atoms with E-state index in [1.807, 2.05) is 38.2 Å². The normalized spacial score (nSPS) is 27.9. The summed E-state index contributed by atoms with van der Waals surface area (Å²) < 4.78 is 17.4. The number of ether oxygens (including phenoxy) is 2. The molecule has 11 heteroatoms. The number of aromatic nitrogens is 6. The number of rotatable bonds is 3. The van der Waals surface area contributed by atoms with Crippen LogP contribution >= 0.6 is 27.3 Å². The second kappa shape index (κ2) is 7.17. The van der Waals surface area contributed by atoms with Crippen LogP contribution in [0, 0.1) is 13.8 Å². The lowest BCUT2D eigenvalue weighted by Gasteiger charge is -2.49. The molecule has 5 unspecified atom stereocenters. The first-order valence-electron chi connectivity index (χ1n) is 9.94. The van der Waals surface area contributed by atoms with Gasteiger partial charge in [-0.1, -0.05) is 0 Å². The third kappa shape index (κ3) is 3.14. The molecule has 0 saturated carbocycles. The van der Waals surface area contributed by atoms with Gasteiger partial charge in [-0.2, -0.15) is 10.2 Å². The lowest BCUT2D eigenvalue weighted by Crippen LogP contribution is -2.60. The molecule has 2 aliphatic heterocycles. The van der Waals surface area contributed by atoms with E-state index >= 15 is 0 Å². The van der Waals surface area contributed by atoms with Gasteiger partial charge < -0.3 is 14.6 Å². The van der Waals surface area contributed by atoms with E-state index in [0.717, 1.165) is 25.4 Å². The number of thiazole rings is 1. The molecule has 1 N–H and O–H groups in total. The highest BCUT2D eigenvalue weighted by molar-refractivity contribution is 9.10. The molecule has 2 saturated heterocycles. The summed E-state index contributed by atoms with van der Waals surface area (Å²) in [7, 11) is 0. The Morgan fingerprint density at radius 1 is 1.26 bits per heavy atom. The van der Waals surface area contributed by atoms with E-state index in [4.69, 9.17) is 9.47 Å². The topological polar surface area (TPSA) is 100 Å². The number of hydrogen-bond donors (Lipinski definition) is 1. The van der Waals surface area contributed by atoms with E-state index in [2.05, 4.69) is 36.1 Å². The van der Waals surface area contributed by atoms with E-state index in [1.165, 1.54) is 0 Å². The third-order valence-electron chi connectivity index (χ3n) is 5.73. The van der Waals surface area contributed by atoms with E-state index in [9.17, 15) is 5.11 Å². The minimum Gasteiger partial charge on any atom is -0.388 e. The average Bonchev–Trinajstić information content (AvgIpc) is 3.41. The number of halogens is 1. The summed E-state index contributed by atoms with van der Waals surface area (Å²) in [5.41, 5.74) is 1.81. The molecule has 4 aromatic rings. The van der Waals surface area contributed by atoms with Crippen LogP contribution in [0.25, 0.3) is 15.9 Å². The van der Waals surface area contributed by atoms with Gasteiger partial charge in [0, 0.05) is 6.20 Å². The van der Waals surface area contributed by atoms with E-state index < -0.39 is 12.2 Å². The van der Waals surface area contributed by atoms with Crippen LogP contribution in [0.4, 0.5) is 0 Å². The quantitative estimate of drug-likeness (QED) is 0.459. The number of nitrogens with zero attached hydrogens (tertiary/aromatic N) is 6. The van der Waals surface area contributed by atoms with Gasteiger partial charge in [-0.25, -0.2) is 14.6 Å². The number of benzene rings is 1. The van der Waals surface area contributed by atoms with Crippen LogP contribution in [0.1, 0.15) is 28.8 Å². The van der Waals surface area contributed by atoms with Gasteiger partial charge in [-0.15, -0.1) is 11.3 Å². The minimum atomic E-state index is -0.912. The largest absolute Gasteiger partial charge is 0.388 e. The zero-order chi connectivity index (χ0) is 21.3.